The molecule has 0 N–H and O–H groups in total. The summed E-state index contributed by atoms with van der Waals surface area (Å²) in [5.41, 5.74) is 0.669. The van der Waals surface area contributed by atoms with Gasteiger partial charge < -0.3 is 4.74 Å². The molecule has 0 aliphatic carbocycles. The second-order valence-electron chi connectivity index (χ2n) is 4.72. The van der Waals surface area contributed by atoms with Gasteiger partial charge in [-0.05, 0) is 29.8 Å². The molecule has 0 spiro atoms. The van der Waals surface area contributed by atoms with Crippen molar-refractivity contribution in [2.75, 3.05) is 6.61 Å². The Balaban J connectivity index is 2.49. The van der Waals surface area contributed by atoms with Crippen molar-refractivity contribution < 1.29 is 13.7 Å². The van der Waals surface area contributed by atoms with E-state index in [2.05, 4.69) is 15.9 Å². The van der Waals surface area contributed by atoms with Crippen molar-refractivity contribution in [1.29, 1.82) is 0 Å². The molecular weight excluding hydrogens is 435 g/mol. The molecule has 0 radical (unpaired) electrons. The summed E-state index contributed by atoms with van der Waals surface area (Å²) in [6.07, 6.45) is 0. The third-order valence-corrected chi connectivity index (χ3v) is 6.06. The molecule has 1 atom stereocenters. The molecule has 7 heteroatoms. The Morgan fingerprint density at radius 1 is 1.17 bits per heavy atom. The van der Waals surface area contributed by atoms with Crippen LogP contribution in [0.15, 0.2) is 62.8 Å². The Morgan fingerprint density at radius 3 is 2.38 bits per heavy atom. The molecule has 24 heavy (non-hydrogen) atoms. The largest absolute Gasteiger partial charge is 0.460 e. The highest BCUT2D eigenvalue weighted by Gasteiger charge is 2.19. The zero-order valence-electron chi connectivity index (χ0n) is 12.6. The lowest BCUT2D eigenvalue weighted by Gasteiger charge is -2.12. The van der Waals surface area contributed by atoms with Gasteiger partial charge in [0.25, 0.3) is 0 Å². The highest BCUT2D eigenvalue weighted by Crippen LogP contribution is 2.31. The molecule has 1 unspecified atom stereocenters. The lowest BCUT2D eigenvalue weighted by Crippen LogP contribution is -2.09. The van der Waals surface area contributed by atoms with Crippen LogP contribution in [0.1, 0.15) is 12.5 Å². The maximum Gasteiger partial charge on any atom is 0.302 e. The van der Waals surface area contributed by atoms with Gasteiger partial charge in [-0.2, -0.15) is 0 Å². The zero-order chi connectivity index (χ0) is 17.7. The number of carbonyl (C=O) groups is 1. The molecule has 0 aliphatic rings. The normalized spacial score (nSPS) is 13.2. The van der Waals surface area contributed by atoms with E-state index < -0.39 is 16.8 Å². The highest BCUT2D eigenvalue weighted by atomic mass is 79.9. The maximum absolute atomic E-state index is 12.9. The average molecular weight is 448 g/mol. The zero-order valence-corrected chi connectivity index (χ0v) is 16.5. The van der Waals surface area contributed by atoms with Crippen molar-refractivity contribution >= 4 is 60.9 Å². The van der Waals surface area contributed by atoms with Gasteiger partial charge in [-0.1, -0.05) is 63.4 Å². The van der Waals surface area contributed by atoms with Crippen LogP contribution in [0.5, 0.6) is 0 Å². The Hall–Kier alpha value is -1.14. The summed E-state index contributed by atoms with van der Waals surface area (Å²) in [6, 6.07) is 14.0. The van der Waals surface area contributed by atoms with E-state index in [-0.39, 0.29) is 16.5 Å². The van der Waals surface area contributed by atoms with Crippen LogP contribution in [-0.2, 0) is 20.3 Å². The number of carbonyl (C=O) groups excluding carboxylic acids is 1. The third-order valence-electron chi connectivity index (χ3n) is 3.01. The molecular formula is C17H13BrCl2O3S. The van der Waals surface area contributed by atoms with Gasteiger partial charge in [0.2, 0.25) is 0 Å². The first kappa shape index (κ1) is 19.2. The lowest BCUT2D eigenvalue weighted by molar-refractivity contribution is -0.139. The number of halogens is 3. The van der Waals surface area contributed by atoms with Crippen LogP contribution >= 0.6 is 39.1 Å². The maximum atomic E-state index is 12.9. The predicted octanol–water partition coefficient (Wildman–Crippen LogP) is 5.38. The van der Waals surface area contributed by atoms with E-state index in [9.17, 15) is 9.00 Å². The van der Waals surface area contributed by atoms with Gasteiger partial charge in [0.05, 0.1) is 30.7 Å². The summed E-state index contributed by atoms with van der Waals surface area (Å²) in [6.45, 7) is 1.10. The first-order valence-corrected chi connectivity index (χ1v) is 9.54. The fraction of sp³-hybridized carbons (Fsp3) is 0.118. The standard InChI is InChI=1S/C17H13BrCl2O3S/c1-11(21)23-10-16(17(20)12-6-8-13(18)9-7-12)24(22)15-5-3-2-4-14(15)19/h2-9H,10H2,1H3/b17-16-. The second-order valence-corrected chi connectivity index (χ2v) is 7.89. The third kappa shape index (κ3) is 4.93. The Bertz CT molecular complexity index is 804. The summed E-state index contributed by atoms with van der Waals surface area (Å²) in [7, 11) is -1.66. The number of esters is 1. The Morgan fingerprint density at radius 2 is 1.79 bits per heavy atom. The fourth-order valence-corrected chi connectivity index (χ4v) is 4.01. The fourth-order valence-electron chi connectivity index (χ4n) is 1.85. The Kier molecular flexibility index (Phi) is 7.04. The molecule has 0 heterocycles. The van der Waals surface area contributed by atoms with E-state index in [4.69, 9.17) is 27.9 Å². The summed E-state index contributed by atoms with van der Waals surface area (Å²) in [5.74, 6) is -0.482. The molecule has 0 saturated heterocycles. The highest BCUT2D eigenvalue weighted by molar-refractivity contribution is 9.10. The minimum atomic E-state index is -1.66. The first-order chi connectivity index (χ1) is 11.4. The van der Waals surface area contributed by atoms with E-state index >= 15 is 0 Å². The van der Waals surface area contributed by atoms with Crippen LogP contribution in [0.3, 0.4) is 0 Å². The van der Waals surface area contributed by atoms with Gasteiger partial charge in [-0.25, -0.2) is 4.21 Å². The molecule has 126 valence electrons. The molecule has 3 nitrogen and oxygen atoms in total. The van der Waals surface area contributed by atoms with Crippen molar-refractivity contribution in [3.63, 3.8) is 0 Å². The lowest BCUT2D eigenvalue weighted by atomic mass is 10.2. The average Bonchev–Trinajstić information content (AvgIpc) is 2.55. The molecule has 0 aliphatic heterocycles. The summed E-state index contributed by atoms with van der Waals surface area (Å²) in [5, 5.41) is 0.624. The van der Waals surface area contributed by atoms with E-state index in [1.54, 1.807) is 36.4 Å². The topological polar surface area (TPSA) is 43.4 Å². The van der Waals surface area contributed by atoms with Crippen molar-refractivity contribution in [2.45, 2.75) is 11.8 Å². The van der Waals surface area contributed by atoms with Crippen molar-refractivity contribution in [1.82, 2.24) is 0 Å². The molecule has 2 rings (SSSR count). The van der Waals surface area contributed by atoms with Crippen LogP contribution in [0, 0.1) is 0 Å². The molecule has 2 aromatic rings. The summed E-state index contributed by atoms with van der Waals surface area (Å²) in [4.78, 5) is 11.9. The van der Waals surface area contributed by atoms with Crippen LogP contribution in [0.25, 0.3) is 5.03 Å². The minimum absolute atomic E-state index is 0.179. The van der Waals surface area contributed by atoms with Crippen molar-refractivity contribution in [3.05, 3.63) is 68.5 Å². The van der Waals surface area contributed by atoms with Gasteiger partial charge in [-0.3, -0.25) is 4.79 Å². The first-order valence-electron chi connectivity index (χ1n) is 6.84. The van der Waals surface area contributed by atoms with Gasteiger partial charge in [0, 0.05) is 11.4 Å². The number of hydrogen-bond donors (Lipinski definition) is 0. The molecule has 0 amide bonds. The van der Waals surface area contributed by atoms with Gasteiger partial charge in [0.15, 0.2) is 0 Å². The van der Waals surface area contributed by atoms with Crippen LogP contribution in [-0.4, -0.2) is 16.8 Å². The SMILES string of the molecule is CC(=O)OC/C(=C(/Cl)c1ccc(Br)cc1)S(=O)c1ccccc1Cl. The van der Waals surface area contributed by atoms with Crippen LogP contribution < -0.4 is 0 Å². The molecule has 0 aromatic heterocycles. The smallest absolute Gasteiger partial charge is 0.302 e. The monoisotopic (exact) mass is 446 g/mol. The van der Waals surface area contributed by atoms with Crippen molar-refractivity contribution in [2.24, 2.45) is 0 Å². The predicted molar refractivity (Wildman–Crippen MR) is 101 cm³/mol. The van der Waals surface area contributed by atoms with Crippen LogP contribution in [0.4, 0.5) is 0 Å². The number of hydrogen-bond acceptors (Lipinski definition) is 3. The molecule has 0 bridgehead atoms. The van der Waals surface area contributed by atoms with Crippen molar-refractivity contribution in [3.8, 4) is 0 Å². The summed E-state index contributed by atoms with van der Waals surface area (Å²) < 4.78 is 18.9. The van der Waals surface area contributed by atoms with E-state index in [1.165, 1.54) is 6.92 Å². The number of rotatable bonds is 5. The van der Waals surface area contributed by atoms with Gasteiger partial charge in [-0.15, -0.1) is 0 Å². The van der Waals surface area contributed by atoms with Crippen LogP contribution in [0.2, 0.25) is 5.02 Å². The van der Waals surface area contributed by atoms with E-state index in [0.717, 1.165) is 4.47 Å². The Labute approximate surface area is 161 Å². The van der Waals surface area contributed by atoms with Gasteiger partial charge >= 0.3 is 5.97 Å². The summed E-state index contributed by atoms with van der Waals surface area (Å²) >= 11 is 15.9. The second kappa shape index (κ2) is 8.81. The van der Waals surface area contributed by atoms with Gasteiger partial charge in [0.1, 0.15) is 6.61 Å². The molecule has 0 saturated carbocycles. The number of benzene rings is 2. The minimum Gasteiger partial charge on any atom is -0.460 e. The number of ether oxygens (including phenoxy) is 1. The molecule has 2 aromatic carbocycles. The molecule has 0 fully saturated rings. The quantitative estimate of drug-likeness (QED) is 0.577. The van der Waals surface area contributed by atoms with E-state index in [1.807, 2.05) is 12.1 Å². The van der Waals surface area contributed by atoms with E-state index in [0.29, 0.717) is 15.5 Å².